The van der Waals surface area contributed by atoms with Gasteiger partial charge in [-0.2, -0.15) is 17.9 Å². The van der Waals surface area contributed by atoms with Gasteiger partial charge in [-0.25, -0.2) is 4.79 Å². The normalized spacial score (nSPS) is 11.6. The predicted molar refractivity (Wildman–Crippen MR) is 96.5 cm³/mol. The second-order valence-electron chi connectivity index (χ2n) is 5.90. The zero-order chi connectivity index (χ0) is 19.6. The van der Waals surface area contributed by atoms with Crippen LogP contribution in [0.15, 0.2) is 51.1 Å². The number of halogens is 3. The molecule has 5 nitrogen and oxygen atoms in total. The smallest absolute Gasteiger partial charge is 0.427 e. The number of alkyl halides is 3. The molecule has 0 unspecified atom stereocenters. The van der Waals surface area contributed by atoms with Crippen LogP contribution in [0, 0.1) is 0 Å². The van der Waals surface area contributed by atoms with Gasteiger partial charge in [0, 0.05) is 11.9 Å². The molecule has 3 rings (SSSR count). The lowest BCUT2D eigenvalue weighted by atomic mass is 10.2. The Bertz CT molecular complexity index is 944. The van der Waals surface area contributed by atoms with E-state index < -0.39 is 17.4 Å². The van der Waals surface area contributed by atoms with E-state index in [9.17, 15) is 18.0 Å². The van der Waals surface area contributed by atoms with Gasteiger partial charge in [0.15, 0.2) is 11.4 Å². The molecule has 9 heteroatoms. The van der Waals surface area contributed by atoms with Crippen molar-refractivity contribution in [2.24, 2.45) is 0 Å². The molecule has 0 N–H and O–H groups in total. The Morgan fingerprint density at radius 3 is 2.48 bits per heavy atom. The van der Waals surface area contributed by atoms with E-state index in [1.54, 1.807) is 24.3 Å². The van der Waals surface area contributed by atoms with Gasteiger partial charge in [0.2, 0.25) is 0 Å². The Morgan fingerprint density at radius 2 is 1.93 bits per heavy atom. The molecule has 0 saturated heterocycles. The maximum Gasteiger partial charge on any atom is 0.427 e. The fourth-order valence-electron chi connectivity index (χ4n) is 2.74. The fraction of sp³-hybridized carbons (Fsp3) is 0.278. The summed E-state index contributed by atoms with van der Waals surface area (Å²) < 4.78 is 51.5. The molecule has 0 aliphatic carbocycles. The molecule has 0 bridgehead atoms. The summed E-state index contributed by atoms with van der Waals surface area (Å²) in [7, 11) is 3.02. The minimum absolute atomic E-state index is 0.0145. The van der Waals surface area contributed by atoms with Crippen LogP contribution in [0.4, 0.5) is 19.0 Å². The van der Waals surface area contributed by atoms with Gasteiger partial charge in [0.25, 0.3) is 0 Å². The highest BCUT2D eigenvalue weighted by Crippen LogP contribution is 2.35. The minimum Gasteiger partial charge on any atom is -0.497 e. The second-order valence-corrected chi connectivity index (χ2v) is 6.93. The van der Waals surface area contributed by atoms with Crippen molar-refractivity contribution in [1.82, 2.24) is 4.74 Å². The number of rotatable bonds is 6. The van der Waals surface area contributed by atoms with E-state index in [0.717, 1.165) is 9.62 Å². The molecule has 0 aliphatic heterocycles. The molecule has 1 aromatic carbocycles. The van der Waals surface area contributed by atoms with Gasteiger partial charge in [-0.1, -0.05) is 18.2 Å². The van der Waals surface area contributed by atoms with Gasteiger partial charge in [0.1, 0.15) is 5.75 Å². The minimum atomic E-state index is -4.81. The average Bonchev–Trinajstić information content (AvgIpc) is 3.22. The van der Waals surface area contributed by atoms with Gasteiger partial charge in [-0.05, 0) is 29.1 Å². The third kappa shape index (κ3) is 4.19. The lowest BCUT2D eigenvalue weighted by Gasteiger charge is -2.21. The number of thiophene rings is 1. The highest BCUT2D eigenvalue weighted by molar-refractivity contribution is 7.09. The molecule has 0 aliphatic rings. The highest BCUT2D eigenvalue weighted by atomic mass is 32.1. The molecule has 0 saturated carbocycles. The molecule has 0 radical (unpaired) electrons. The lowest BCUT2D eigenvalue weighted by Crippen LogP contribution is -2.24. The molecule has 2 aromatic heterocycles. The largest absolute Gasteiger partial charge is 0.497 e. The van der Waals surface area contributed by atoms with E-state index in [1.807, 2.05) is 17.5 Å². The van der Waals surface area contributed by atoms with Crippen molar-refractivity contribution in [2.45, 2.75) is 19.3 Å². The summed E-state index contributed by atoms with van der Waals surface area (Å²) in [5, 5.41) is 1.84. The van der Waals surface area contributed by atoms with Gasteiger partial charge < -0.3 is 14.2 Å². The number of aromatic nitrogens is 1. The van der Waals surface area contributed by atoms with Crippen molar-refractivity contribution < 1.29 is 22.4 Å². The van der Waals surface area contributed by atoms with Gasteiger partial charge in [-0.15, -0.1) is 11.3 Å². The molecule has 0 atom stereocenters. The summed E-state index contributed by atoms with van der Waals surface area (Å²) in [5.41, 5.74) is -2.02. The van der Waals surface area contributed by atoms with E-state index in [-0.39, 0.29) is 18.9 Å². The van der Waals surface area contributed by atoms with Gasteiger partial charge in [-0.3, -0.25) is 0 Å². The summed E-state index contributed by atoms with van der Waals surface area (Å²) in [4.78, 5) is 14.2. The molecular formula is C18H17F3N2O3S. The first-order valence-corrected chi connectivity index (χ1v) is 8.85. The topological polar surface area (TPSA) is 47.6 Å². The first kappa shape index (κ1) is 19.1. The van der Waals surface area contributed by atoms with Crippen LogP contribution in [-0.2, 0) is 19.3 Å². The third-order valence-electron chi connectivity index (χ3n) is 3.96. The van der Waals surface area contributed by atoms with Crippen LogP contribution in [-0.4, -0.2) is 18.9 Å². The van der Waals surface area contributed by atoms with E-state index in [4.69, 9.17) is 9.26 Å². The number of methoxy groups -OCH3 is 1. The number of benzene rings is 1. The third-order valence-corrected chi connectivity index (χ3v) is 4.82. The van der Waals surface area contributed by atoms with Crippen LogP contribution in [0.3, 0.4) is 0 Å². The van der Waals surface area contributed by atoms with E-state index in [0.29, 0.717) is 11.3 Å². The maximum absolute atomic E-state index is 13.5. The Kier molecular flexibility index (Phi) is 5.31. The molecule has 0 spiro atoms. The monoisotopic (exact) mass is 398 g/mol. The molecule has 0 amide bonds. The van der Waals surface area contributed by atoms with Gasteiger partial charge in [0.05, 0.1) is 20.2 Å². The fourth-order valence-corrected chi connectivity index (χ4v) is 3.50. The van der Waals surface area contributed by atoms with E-state index >= 15 is 0 Å². The maximum atomic E-state index is 13.5. The summed E-state index contributed by atoms with van der Waals surface area (Å²) in [6.07, 6.45) is -4.81. The zero-order valence-corrected chi connectivity index (χ0v) is 15.4. The first-order valence-electron chi connectivity index (χ1n) is 7.97. The van der Waals surface area contributed by atoms with Crippen molar-refractivity contribution in [3.8, 4) is 5.75 Å². The van der Waals surface area contributed by atoms with Crippen molar-refractivity contribution in [3.05, 3.63) is 68.2 Å². The molecule has 144 valence electrons. The summed E-state index contributed by atoms with van der Waals surface area (Å²) in [6.45, 7) is 0.210. The SMILES string of the molecule is COc1ccc(Cn2oc(=O)c(C(F)(F)F)c2N(C)Cc2cccs2)cc1. The van der Waals surface area contributed by atoms with Crippen molar-refractivity contribution in [1.29, 1.82) is 0 Å². The van der Waals surface area contributed by atoms with Crippen LogP contribution in [0.2, 0.25) is 0 Å². The quantitative estimate of drug-likeness (QED) is 0.624. The Hall–Kier alpha value is -2.68. The van der Waals surface area contributed by atoms with Crippen molar-refractivity contribution in [3.63, 3.8) is 0 Å². The molecule has 27 heavy (non-hydrogen) atoms. The second kappa shape index (κ2) is 7.51. The molecule has 3 aromatic rings. The molecule has 2 heterocycles. The Morgan fingerprint density at radius 1 is 1.22 bits per heavy atom. The van der Waals surface area contributed by atoms with Crippen LogP contribution in [0.25, 0.3) is 0 Å². The highest BCUT2D eigenvalue weighted by Gasteiger charge is 2.42. The molecular weight excluding hydrogens is 381 g/mol. The van der Waals surface area contributed by atoms with Crippen molar-refractivity contribution >= 4 is 17.2 Å². The number of anilines is 1. The summed E-state index contributed by atoms with van der Waals surface area (Å²) in [6, 6.07) is 10.4. The van der Waals surface area contributed by atoms with E-state index in [2.05, 4.69) is 0 Å². The number of hydrogen-bond acceptors (Lipinski definition) is 5. The first-order chi connectivity index (χ1) is 12.8. The Balaban J connectivity index is 2.00. The van der Waals surface area contributed by atoms with Gasteiger partial charge >= 0.3 is 11.8 Å². The number of hydrogen-bond donors (Lipinski definition) is 0. The van der Waals surface area contributed by atoms with Crippen LogP contribution in [0.1, 0.15) is 16.0 Å². The summed E-state index contributed by atoms with van der Waals surface area (Å²) >= 11 is 1.43. The lowest BCUT2D eigenvalue weighted by molar-refractivity contribution is -0.138. The zero-order valence-electron chi connectivity index (χ0n) is 14.6. The number of ether oxygens (including phenoxy) is 1. The summed E-state index contributed by atoms with van der Waals surface area (Å²) in [5.74, 6) is 0.329. The van der Waals surface area contributed by atoms with Crippen LogP contribution < -0.4 is 15.3 Å². The average molecular weight is 398 g/mol. The Labute approximate surface area is 157 Å². The van der Waals surface area contributed by atoms with Crippen molar-refractivity contribution in [2.75, 3.05) is 19.1 Å². The van der Waals surface area contributed by atoms with Crippen LogP contribution in [0.5, 0.6) is 5.75 Å². The van der Waals surface area contributed by atoms with E-state index in [1.165, 1.54) is 30.4 Å². The number of nitrogens with zero attached hydrogens (tertiary/aromatic N) is 2. The predicted octanol–water partition coefficient (Wildman–Crippen LogP) is 4.21. The molecule has 0 fully saturated rings. The standard InChI is InChI=1S/C18H17F3N2O3S/c1-22(11-14-4-3-9-27-14)16-15(18(19,20)21)17(24)26-23(16)10-12-5-7-13(25-2)8-6-12/h3-9H,10-11H2,1-2H3. The van der Waals surface area contributed by atoms with Crippen LogP contribution >= 0.6 is 11.3 Å².